The van der Waals surface area contributed by atoms with Crippen LogP contribution < -0.4 is 0 Å². The first-order valence-electron chi connectivity index (χ1n) is 5.04. The summed E-state index contributed by atoms with van der Waals surface area (Å²) in [5.41, 5.74) is 2.94. The van der Waals surface area contributed by atoms with Gasteiger partial charge < -0.3 is 5.11 Å². The number of carboxylic acid groups (broad SMARTS) is 1. The predicted octanol–water partition coefficient (Wildman–Crippen LogP) is 1.16. The van der Waals surface area contributed by atoms with Crippen molar-refractivity contribution in [2.45, 2.75) is 25.2 Å². The first-order valence-corrected chi connectivity index (χ1v) is 5.04. The van der Waals surface area contributed by atoms with Crippen LogP contribution in [0.2, 0.25) is 0 Å². The Balaban J connectivity index is 1.84. The van der Waals surface area contributed by atoms with Crippen LogP contribution in [-0.4, -0.2) is 21.3 Å². The molecule has 3 aliphatic carbocycles. The molecule has 1 spiro atoms. The molecule has 1 aromatic rings. The van der Waals surface area contributed by atoms with Gasteiger partial charge in [0.25, 0.3) is 0 Å². The monoisotopic (exact) mass is 190 g/mol. The Labute approximate surface area is 80.3 Å². The molecule has 14 heavy (non-hydrogen) atoms. The normalized spacial score (nSPS) is 34.0. The molecule has 0 aliphatic heterocycles. The number of hydrogen-bond acceptors (Lipinski definition) is 2. The number of nitrogens with one attached hydrogen (secondary N) is 1. The highest BCUT2D eigenvalue weighted by atomic mass is 16.4. The lowest BCUT2D eigenvalue weighted by molar-refractivity contribution is 0.0689. The number of carboxylic acids is 1. The summed E-state index contributed by atoms with van der Waals surface area (Å²) in [5.74, 6) is 0.458. The first kappa shape index (κ1) is 7.04. The quantitative estimate of drug-likeness (QED) is 0.698. The SMILES string of the molecule is O=C(O)c1[nH]nc2c1CC1C2C12CC2. The van der Waals surface area contributed by atoms with Crippen LogP contribution in [0.3, 0.4) is 0 Å². The van der Waals surface area contributed by atoms with E-state index in [9.17, 15) is 4.79 Å². The van der Waals surface area contributed by atoms with Gasteiger partial charge in [-0.25, -0.2) is 4.79 Å². The number of fused-ring (bicyclic) bond motifs is 5. The molecule has 72 valence electrons. The zero-order valence-corrected chi connectivity index (χ0v) is 7.58. The topological polar surface area (TPSA) is 66.0 Å². The van der Waals surface area contributed by atoms with Crippen molar-refractivity contribution in [1.29, 1.82) is 0 Å². The summed E-state index contributed by atoms with van der Waals surface area (Å²) in [4.78, 5) is 10.8. The Morgan fingerprint density at radius 1 is 1.57 bits per heavy atom. The Hall–Kier alpha value is -1.32. The summed E-state index contributed by atoms with van der Waals surface area (Å²) in [5, 5.41) is 15.7. The molecule has 2 fully saturated rings. The van der Waals surface area contributed by atoms with Crippen LogP contribution in [0.4, 0.5) is 0 Å². The van der Waals surface area contributed by atoms with E-state index in [4.69, 9.17) is 5.11 Å². The van der Waals surface area contributed by atoms with Gasteiger partial charge in [-0.2, -0.15) is 5.10 Å². The van der Waals surface area contributed by atoms with Crippen molar-refractivity contribution in [2.24, 2.45) is 11.3 Å². The summed E-state index contributed by atoms with van der Waals surface area (Å²) >= 11 is 0. The van der Waals surface area contributed by atoms with Crippen LogP contribution in [0.1, 0.15) is 40.5 Å². The van der Waals surface area contributed by atoms with E-state index in [-0.39, 0.29) is 0 Å². The van der Waals surface area contributed by atoms with Gasteiger partial charge in [0.1, 0.15) is 5.69 Å². The van der Waals surface area contributed by atoms with Gasteiger partial charge >= 0.3 is 5.97 Å². The fourth-order valence-corrected chi connectivity index (χ4v) is 3.43. The molecule has 2 atom stereocenters. The molecule has 0 amide bonds. The van der Waals surface area contributed by atoms with Crippen molar-refractivity contribution in [2.75, 3.05) is 0 Å². The molecule has 2 unspecified atom stereocenters. The van der Waals surface area contributed by atoms with Crippen molar-refractivity contribution in [3.8, 4) is 0 Å². The van der Waals surface area contributed by atoms with E-state index < -0.39 is 5.97 Å². The molecule has 4 rings (SSSR count). The Bertz CT molecular complexity index is 459. The number of nitrogens with zero attached hydrogens (tertiary/aromatic N) is 1. The van der Waals surface area contributed by atoms with Crippen molar-refractivity contribution in [1.82, 2.24) is 10.2 Å². The van der Waals surface area contributed by atoms with Crippen LogP contribution in [0.5, 0.6) is 0 Å². The van der Waals surface area contributed by atoms with Crippen molar-refractivity contribution in [3.63, 3.8) is 0 Å². The zero-order valence-electron chi connectivity index (χ0n) is 7.58. The van der Waals surface area contributed by atoms with Crippen molar-refractivity contribution in [3.05, 3.63) is 17.0 Å². The third kappa shape index (κ3) is 0.549. The maximum absolute atomic E-state index is 10.8. The van der Waals surface area contributed by atoms with E-state index in [1.54, 1.807) is 0 Å². The van der Waals surface area contributed by atoms with Crippen molar-refractivity contribution >= 4 is 5.97 Å². The molecular formula is C10H10N2O2. The lowest BCUT2D eigenvalue weighted by Gasteiger charge is -1.98. The van der Waals surface area contributed by atoms with E-state index in [0.717, 1.165) is 23.6 Å². The third-order valence-electron chi connectivity index (χ3n) is 4.31. The van der Waals surface area contributed by atoms with E-state index >= 15 is 0 Å². The molecule has 0 radical (unpaired) electrons. The summed E-state index contributed by atoms with van der Waals surface area (Å²) in [7, 11) is 0. The zero-order chi connectivity index (χ0) is 9.50. The number of rotatable bonds is 1. The second-order valence-corrected chi connectivity index (χ2v) is 4.79. The summed E-state index contributed by atoms with van der Waals surface area (Å²) in [6.07, 6.45) is 3.60. The van der Waals surface area contributed by atoms with Gasteiger partial charge in [-0.15, -0.1) is 0 Å². The van der Waals surface area contributed by atoms with Crippen LogP contribution in [0.15, 0.2) is 0 Å². The molecule has 2 saturated carbocycles. The van der Waals surface area contributed by atoms with E-state index in [0.29, 0.717) is 17.0 Å². The smallest absolute Gasteiger partial charge is 0.354 e. The van der Waals surface area contributed by atoms with E-state index in [1.165, 1.54) is 12.8 Å². The minimum Gasteiger partial charge on any atom is -0.477 e. The number of H-pyrrole nitrogens is 1. The number of aromatic nitrogens is 2. The molecule has 0 saturated heterocycles. The molecule has 0 aromatic carbocycles. The number of aromatic carboxylic acids is 1. The maximum Gasteiger partial charge on any atom is 0.354 e. The first-order chi connectivity index (χ1) is 6.74. The van der Waals surface area contributed by atoms with Gasteiger partial charge in [0, 0.05) is 11.5 Å². The van der Waals surface area contributed by atoms with Crippen molar-refractivity contribution < 1.29 is 9.90 Å². The van der Waals surface area contributed by atoms with Crippen LogP contribution >= 0.6 is 0 Å². The Kier molecular flexibility index (Phi) is 0.874. The summed E-state index contributed by atoms with van der Waals surface area (Å²) in [6.45, 7) is 0. The van der Waals surface area contributed by atoms with E-state index in [1.807, 2.05) is 0 Å². The molecule has 4 nitrogen and oxygen atoms in total. The molecule has 1 heterocycles. The number of hydrogen-bond donors (Lipinski definition) is 2. The molecule has 4 heteroatoms. The standard InChI is InChI=1S/C10H10N2O2/c13-9(14)8-4-3-5-6(7(4)11-12-8)10(5)1-2-10/h5-6H,1-3H2,(H,11,12)(H,13,14). The lowest BCUT2D eigenvalue weighted by atomic mass is 10.1. The minimum absolute atomic E-state index is 0.322. The summed E-state index contributed by atoms with van der Waals surface area (Å²) < 4.78 is 0. The average molecular weight is 190 g/mol. The van der Waals surface area contributed by atoms with Crippen LogP contribution in [0.25, 0.3) is 0 Å². The highest BCUT2D eigenvalue weighted by molar-refractivity contribution is 5.88. The largest absolute Gasteiger partial charge is 0.477 e. The van der Waals surface area contributed by atoms with Gasteiger partial charge in [-0.1, -0.05) is 0 Å². The van der Waals surface area contributed by atoms with Gasteiger partial charge in [-0.3, -0.25) is 5.10 Å². The minimum atomic E-state index is -0.870. The fourth-order valence-electron chi connectivity index (χ4n) is 3.43. The number of carbonyl (C=O) groups is 1. The molecule has 2 N–H and O–H groups in total. The molecule has 1 aromatic heterocycles. The maximum atomic E-state index is 10.8. The highest BCUT2D eigenvalue weighted by Crippen LogP contribution is 2.82. The summed E-state index contributed by atoms with van der Waals surface area (Å²) in [6, 6.07) is 0. The third-order valence-corrected chi connectivity index (χ3v) is 4.31. The van der Waals surface area contributed by atoms with Gasteiger partial charge in [0.15, 0.2) is 0 Å². The van der Waals surface area contributed by atoms with Gasteiger partial charge in [0.2, 0.25) is 0 Å². The van der Waals surface area contributed by atoms with E-state index in [2.05, 4.69) is 10.2 Å². The van der Waals surface area contributed by atoms with Crippen LogP contribution in [0, 0.1) is 11.3 Å². The highest BCUT2D eigenvalue weighted by Gasteiger charge is 2.75. The lowest BCUT2D eigenvalue weighted by Crippen LogP contribution is -2.02. The molecule has 0 bridgehead atoms. The Morgan fingerprint density at radius 3 is 3.00 bits per heavy atom. The fraction of sp³-hybridized carbons (Fsp3) is 0.600. The second kappa shape index (κ2) is 1.74. The number of aromatic amines is 1. The molecule has 3 aliphatic rings. The molecular weight excluding hydrogens is 180 g/mol. The van der Waals surface area contributed by atoms with Gasteiger partial charge in [0.05, 0.1) is 5.69 Å². The van der Waals surface area contributed by atoms with Gasteiger partial charge in [-0.05, 0) is 30.6 Å². The average Bonchev–Trinajstić information content (AvgIpc) is 2.90. The Morgan fingerprint density at radius 2 is 2.36 bits per heavy atom. The predicted molar refractivity (Wildman–Crippen MR) is 47.1 cm³/mol. The second-order valence-electron chi connectivity index (χ2n) is 4.79. The van der Waals surface area contributed by atoms with Crippen LogP contribution in [-0.2, 0) is 6.42 Å².